The van der Waals surface area contributed by atoms with Crippen molar-refractivity contribution in [2.75, 3.05) is 7.05 Å². The van der Waals surface area contributed by atoms with Crippen LogP contribution in [0.15, 0.2) is 28.3 Å². The van der Waals surface area contributed by atoms with Gasteiger partial charge in [-0.25, -0.2) is 0 Å². The van der Waals surface area contributed by atoms with Gasteiger partial charge in [-0.3, -0.25) is 9.97 Å². The molecule has 0 aliphatic carbocycles. The van der Waals surface area contributed by atoms with Crippen LogP contribution >= 0.6 is 27.3 Å². The SMILES string of the molecule is CNC(Cc1ccc(Br)s1)c1cnc(C)cn1. The maximum absolute atomic E-state index is 4.42. The van der Waals surface area contributed by atoms with Crippen molar-refractivity contribution >= 4 is 27.3 Å². The summed E-state index contributed by atoms with van der Waals surface area (Å²) in [5.74, 6) is 0. The van der Waals surface area contributed by atoms with Gasteiger partial charge in [0.25, 0.3) is 0 Å². The molecule has 2 heterocycles. The first-order valence-electron chi connectivity index (χ1n) is 5.39. The molecule has 0 radical (unpaired) electrons. The van der Waals surface area contributed by atoms with Crippen molar-refractivity contribution in [2.24, 2.45) is 0 Å². The fourth-order valence-corrected chi connectivity index (χ4v) is 3.13. The van der Waals surface area contributed by atoms with Gasteiger partial charge in [-0.05, 0) is 42.0 Å². The maximum Gasteiger partial charge on any atom is 0.0759 e. The van der Waals surface area contributed by atoms with Gasteiger partial charge in [-0.15, -0.1) is 11.3 Å². The molecule has 0 saturated carbocycles. The highest BCUT2D eigenvalue weighted by Crippen LogP contribution is 2.26. The Morgan fingerprint density at radius 3 is 2.71 bits per heavy atom. The highest BCUT2D eigenvalue weighted by atomic mass is 79.9. The lowest BCUT2D eigenvalue weighted by Crippen LogP contribution is -2.19. The normalized spacial score (nSPS) is 12.6. The molecule has 2 rings (SSSR count). The number of rotatable bonds is 4. The standard InChI is InChI=1S/C12H14BrN3S/c1-8-6-16-11(7-15-8)10(14-2)5-9-3-4-12(13)17-9/h3-4,6-7,10,14H,5H2,1-2H3. The second-order valence-electron chi connectivity index (χ2n) is 3.83. The molecule has 2 aromatic heterocycles. The average Bonchev–Trinajstić information content (AvgIpc) is 2.73. The lowest BCUT2D eigenvalue weighted by Gasteiger charge is -2.14. The Bertz CT molecular complexity index is 481. The van der Waals surface area contributed by atoms with E-state index in [0.717, 1.165) is 21.6 Å². The van der Waals surface area contributed by atoms with Crippen LogP contribution in [0, 0.1) is 6.92 Å². The molecule has 3 nitrogen and oxygen atoms in total. The first kappa shape index (κ1) is 12.7. The molecule has 90 valence electrons. The third-order valence-corrected chi connectivity index (χ3v) is 4.19. The number of likely N-dealkylation sites (N-methyl/N-ethyl adjacent to an activating group) is 1. The predicted molar refractivity (Wildman–Crippen MR) is 74.3 cm³/mol. The van der Waals surface area contributed by atoms with E-state index in [1.165, 1.54) is 4.88 Å². The summed E-state index contributed by atoms with van der Waals surface area (Å²) in [4.78, 5) is 10.0. The van der Waals surface area contributed by atoms with E-state index in [2.05, 4.69) is 43.3 Å². The molecule has 5 heteroatoms. The Kier molecular flexibility index (Phi) is 4.25. The van der Waals surface area contributed by atoms with Crippen molar-refractivity contribution in [3.63, 3.8) is 0 Å². The Labute approximate surface area is 113 Å². The third kappa shape index (κ3) is 3.34. The lowest BCUT2D eigenvalue weighted by atomic mass is 10.1. The number of nitrogens with zero attached hydrogens (tertiary/aromatic N) is 2. The average molecular weight is 312 g/mol. The highest BCUT2D eigenvalue weighted by molar-refractivity contribution is 9.11. The zero-order valence-corrected chi connectivity index (χ0v) is 12.2. The van der Waals surface area contributed by atoms with Gasteiger partial charge in [0.1, 0.15) is 0 Å². The van der Waals surface area contributed by atoms with Crippen LogP contribution in [0.5, 0.6) is 0 Å². The summed E-state index contributed by atoms with van der Waals surface area (Å²) < 4.78 is 1.16. The number of halogens is 1. The quantitative estimate of drug-likeness (QED) is 0.942. The van der Waals surface area contributed by atoms with E-state index in [1.54, 1.807) is 11.3 Å². The monoisotopic (exact) mass is 311 g/mol. The molecular weight excluding hydrogens is 298 g/mol. The number of aryl methyl sites for hydroxylation is 1. The van der Waals surface area contributed by atoms with Crippen LogP contribution in [0.1, 0.15) is 22.3 Å². The van der Waals surface area contributed by atoms with E-state index in [0.29, 0.717) is 0 Å². The summed E-state index contributed by atoms with van der Waals surface area (Å²) in [6.07, 6.45) is 4.59. The molecule has 0 aliphatic rings. The fourth-order valence-electron chi connectivity index (χ4n) is 1.60. The van der Waals surface area contributed by atoms with E-state index >= 15 is 0 Å². The minimum Gasteiger partial charge on any atom is -0.311 e. The molecule has 0 aliphatic heterocycles. The molecule has 1 atom stereocenters. The summed E-state index contributed by atoms with van der Waals surface area (Å²) in [7, 11) is 1.95. The van der Waals surface area contributed by atoms with Gasteiger partial charge in [0.15, 0.2) is 0 Å². The van der Waals surface area contributed by atoms with Crippen LogP contribution in [0.25, 0.3) is 0 Å². The molecule has 0 bridgehead atoms. The van der Waals surface area contributed by atoms with E-state index < -0.39 is 0 Å². The van der Waals surface area contributed by atoms with Gasteiger partial charge in [0.2, 0.25) is 0 Å². The van der Waals surface area contributed by atoms with Gasteiger partial charge in [-0.2, -0.15) is 0 Å². The molecule has 0 fully saturated rings. The van der Waals surface area contributed by atoms with Crippen molar-refractivity contribution in [1.82, 2.24) is 15.3 Å². The summed E-state index contributed by atoms with van der Waals surface area (Å²) in [5.41, 5.74) is 1.94. The van der Waals surface area contributed by atoms with Crippen LogP contribution in [-0.4, -0.2) is 17.0 Å². The summed E-state index contributed by atoms with van der Waals surface area (Å²) in [6, 6.07) is 4.43. The second kappa shape index (κ2) is 5.71. The molecule has 0 saturated heterocycles. The topological polar surface area (TPSA) is 37.8 Å². The van der Waals surface area contributed by atoms with E-state index in [9.17, 15) is 0 Å². The van der Waals surface area contributed by atoms with Crippen LogP contribution in [-0.2, 0) is 6.42 Å². The number of aromatic nitrogens is 2. The van der Waals surface area contributed by atoms with Crippen molar-refractivity contribution in [1.29, 1.82) is 0 Å². The van der Waals surface area contributed by atoms with Crippen molar-refractivity contribution < 1.29 is 0 Å². The zero-order chi connectivity index (χ0) is 12.3. The van der Waals surface area contributed by atoms with Crippen LogP contribution in [0.2, 0.25) is 0 Å². The maximum atomic E-state index is 4.42. The molecule has 0 amide bonds. The molecule has 0 spiro atoms. The van der Waals surface area contributed by atoms with E-state index in [4.69, 9.17) is 0 Å². The van der Waals surface area contributed by atoms with Gasteiger partial charge in [0, 0.05) is 17.5 Å². The summed E-state index contributed by atoms with van der Waals surface area (Å²) >= 11 is 5.24. The molecular formula is C12H14BrN3S. The fraction of sp³-hybridized carbons (Fsp3) is 0.333. The van der Waals surface area contributed by atoms with Crippen LogP contribution in [0.3, 0.4) is 0 Å². The number of nitrogens with one attached hydrogen (secondary N) is 1. The molecule has 1 unspecified atom stereocenters. The third-order valence-electron chi connectivity index (χ3n) is 2.54. The molecule has 0 aromatic carbocycles. The number of hydrogen-bond donors (Lipinski definition) is 1. The Hall–Kier alpha value is -0.780. The van der Waals surface area contributed by atoms with Gasteiger partial charge >= 0.3 is 0 Å². The number of hydrogen-bond acceptors (Lipinski definition) is 4. The largest absolute Gasteiger partial charge is 0.311 e. The minimum atomic E-state index is 0.216. The van der Waals surface area contributed by atoms with Gasteiger partial charge in [0.05, 0.1) is 27.4 Å². The van der Waals surface area contributed by atoms with Crippen molar-refractivity contribution in [2.45, 2.75) is 19.4 Å². The van der Waals surface area contributed by atoms with Gasteiger partial charge in [-0.1, -0.05) is 0 Å². The first-order valence-corrected chi connectivity index (χ1v) is 7.00. The predicted octanol–water partition coefficient (Wildman–Crippen LogP) is 3.11. The molecule has 17 heavy (non-hydrogen) atoms. The highest BCUT2D eigenvalue weighted by Gasteiger charge is 2.13. The van der Waals surface area contributed by atoms with Gasteiger partial charge < -0.3 is 5.32 Å². The Balaban J connectivity index is 2.13. The smallest absolute Gasteiger partial charge is 0.0759 e. The van der Waals surface area contributed by atoms with Crippen molar-refractivity contribution in [3.8, 4) is 0 Å². The second-order valence-corrected chi connectivity index (χ2v) is 6.38. The Morgan fingerprint density at radius 1 is 1.35 bits per heavy atom. The lowest BCUT2D eigenvalue weighted by molar-refractivity contribution is 0.576. The Morgan fingerprint density at radius 2 is 2.18 bits per heavy atom. The zero-order valence-electron chi connectivity index (χ0n) is 9.77. The van der Waals surface area contributed by atoms with E-state index in [-0.39, 0.29) is 6.04 Å². The molecule has 1 N–H and O–H groups in total. The molecule has 2 aromatic rings. The first-order chi connectivity index (χ1) is 8.19. The minimum absolute atomic E-state index is 0.216. The van der Waals surface area contributed by atoms with Crippen molar-refractivity contribution in [3.05, 3.63) is 44.6 Å². The van der Waals surface area contributed by atoms with E-state index in [1.807, 2.05) is 26.4 Å². The summed E-state index contributed by atoms with van der Waals surface area (Å²) in [5, 5.41) is 3.28. The van der Waals surface area contributed by atoms with Crippen LogP contribution in [0.4, 0.5) is 0 Å². The summed E-state index contributed by atoms with van der Waals surface area (Å²) in [6.45, 7) is 1.95. The number of thiophene rings is 1. The van der Waals surface area contributed by atoms with Crippen LogP contribution < -0.4 is 5.32 Å².